The van der Waals surface area contributed by atoms with Crippen LogP contribution in [0.4, 0.5) is 24.5 Å². The number of para-hydroxylation sites is 1. The zero-order valence-electron chi connectivity index (χ0n) is 9.83. The largest absolute Gasteiger partial charge is 0.397 e. The van der Waals surface area contributed by atoms with E-state index >= 15 is 0 Å². The topological polar surface area (TPSA) is 50.9 Å². The highest BCUT2D eigenvalue weighted by molar-refractivity contribution is 5.85. The molecule has 0 spiro atoms. The molecule has 0 fully saturated rings. The molecule has 0 saturated carbocycles. The summed E-state index contributed by atoms with van der Waals surface area (Å²) in [5.41, 5.74) is 7.53. The Morgan fingerprint density at radius 3 is 2.84 bits per heavy atom. The predicted octanol–water partition coefficient (Wildman–Crippen LogP) is 2.95. The number of nitrogens with one attached hydrogen (secondary N) is 1. The van der Waals surface area contributed by atoms with Crippen molar-refractivity contribution in [3.63, 3.8) is 0 Å². The van der Waals surface area contributed by atoms with Gasteiger partial charge in [0.05, 0.1) is 17.9 Å². The molecule has 0 aliphatic rings. The quantitative estimate of drug-likeness (QED) is 0.836. The summed E-state index contributed by atoms with van der Waals surface area (Å²) in [6.07, 6.45) is 1.07. The maximum Gasteiger partial charge on any atom is 0.255 e. The number of nitrogens with zero attached hydrogens (tertiary/aromatic N) is 1. The van der Waals surface area contributed by atoms with Gasteiger partial charge < -0.3 is 11.1 Å². The van der Waals surface area contributed by atoms with Crippen molar-refractivity contribution in [2.24, 2.45) is 0 Å². The van der Waals surface area contributed by atoms with Crippen LogP contribution in [0.5, 0.6) is 0 Å². The molecule has 1 aromatic heterocycles. The van der Waals surface area contributed by atoms with Gasteiger partial charge >= 0.3 is 0 Å². The van der Waals surface area contributed by atoms with Gasteiger partial charge in [-0.05, 0) is 12.1 Å². The van der Waals surface area contributed by atoms with Gasteiger partial charge in [-0.3, -0.25) is 4.98 Å². The first-order chi connectivity index (χ1) is 9.08. The molecule has 0 saturated heterocycles. The van der Waals surface area contributed by atoms with E-state index in [1.807, 2.05) is 0 Å². The van der Waals surface area contributed by atoms with E-state index in [-0.39, 0.29) is 5.69 Å². The third kappa shape index (κ3) is 3.15. The van der Waals surface area contributed by atoms with Gasteiger partial charge in [0, 0.05) is 17.3 Å². The number of rotatable bonds is 4. The van der Waals surface area contributed by atoms with E-state index in [1.165, 1.54) is 12.3 Å². The molecule has 2 rings (SSSR count). The van der Waals surface area contributed by atoms with Crippen LogP contribution in [-0.2, 0) is 0 Å². The summed E-state index contributed by atoms with van der Waals surface area (Å²) in [6.45, 7) is -0.497. The van der Waals surface area contributed by atoms with Crippen LogP contribution in [0, 0.1) is 12.0 Å². The van der Waals surface area contributed by atoms with Crippen molar-refractivity contribution < 1.29 is 13.2 Å². The van der Waals surface area contributed by atoms with Gasteiger partial charge in [-0.2, -0.15) is 0 Å². The van der Waals surface area contributed by atoms with E-state index in [2.05, 4.69) is 16.5 Å². The van der Waals surface area contributed by atoms with Crippen molar-refractivity contribution in [2.75, 3.05) is 17.6 Å². The van der Waals surface area contributed by atoms with Crippen LogP contribution >= 0.6 is 0 Å². The highest BCUT2D eigenvalue weighted by Gasteiger charge is 2.09. The summed E-state index contributed by atoms with van der Waals surface area (Å²) >= 11 is 0. The lowest BCUT2D eigenvalue weighted by molar-refractivity contribution is 0.163. The summed E-state index contributed by atoms with van der Waals surface area (Å²) < 4.78 is 37.4. The highest BCUT2D eigenvalue weighted by Crippen LogP contribution is 2.31. The molecule has 3 N–H and O–H groups in total. The zero-order valence-corrected chi connectivity index (χ0v) is 9.83. The molecular weight excluding hydrogens is 255 g/mol. The number of benzene rings is 1. The number of aromatic nitrogens is 1. The number of alkyl halides is 2. The summed E-state index contributed by atoms with van der Waals surface area (Å²) in [4.78, 5) is 3.61. The van der Waals surface area contributed by atoms with Gasteiger partial charge in [0.1, 0.15) is 6.20 Å². The molecule has 1 heterocycles. The molecule has 0 bridgehead atoms. The van der Waals surface area contributed by atoms with Crippen LogP contribution < -0.4 is 11.1 Å². The molecule has 0 atom stereocenters. The number of pyridine rings is 1. The summed E-state index contributed by atoms with van der Waals surface area (Å²) in [7, 11) is 0. The monoisotopic (exact) mass is 266 g/mol. The number of nitrogens with two attached hydrogens (primary N) is 1. The Kier molecular flexibility index (Phi) is 3.89. The number of halogens is 3. The second kappa shape index (κ2) is 5.60. The van der Waals surface area contributed by atoms with Crippen LogP contribution in [-0.4, -0.2) is 18.0 Å². The van der Waals surface area contributed by atoms with E-state index in [0.717, 1.165) is 0 Å². The molecular formula is C13H11F3N3. The molecule has 2 aromatic rings. The normalized spacial score (nSPS) is 10.7. The number of nitrogen functional groups attached to an aromatic ring is 1. The second-order valence-corrected chi connectivity index (χ2v) is 3.86. The fraction of sp³-hybridized carbons (Fsp3) is 0.154. The molecule has 0 amide bonds. The van der Waals surface area contributed by atoms with Crippen LogP contribution in [0.1, 0.15) is 0 Å². The van der Waals surface area contributed by atoms with Crippen molar-refractivity contribution >= 4 is 11.4 Å². The Balaban J connectivity index is 2.34. The maximum absolute atomic E-state index is 13.1. The Morgan fingerprint density at radius 1 is 1.37 bits per heavy atom. The van der Waals surface area contributed by atoms with E-state index in [1.54, 1.807) is 18.2 Å². The van der Waals surface area contributed by atoms with E-state index in [9.17, 15) is 13.2 Å². The molecule has 19 heavy (non-hydrogen) atoms. The van der Waals surface area contributed by atoms with E-state index in [4.69, 9.17) is 5.73 Å². The summed E-state index contributed by atoms with van der Waals surface area (Å²) in [6, 6.07) is 6.13. The fourth-order valence-electron chi connectivity index (χ4n) is 1.68. The fourth-order valence-corrected chi connectivity index (χ4v) is 1.68. The first kappa shape index (κ1) is 13.2. The molecule has 0 unspecified atom stereocenters. The minimum Gasteiger partial charge on any atom is -0.397 e. The Labute approximate surface area is 108 Å². The van der Waals surface area contributed by atoms with Crippen molar-refractivity contribution in [3.05, 3.63) is 42.5 Å². The van der Waals surface area contributed by atoms with Crippen LogP contribution in [0.2, 0.25) is 0 Å². The Bertz CT molecular complexity index is 573. The van der Waals surface area contributed by atoms with Gasteiger partial charge in [0.2, 0.25) is 0 Å². The first-order valence-corrected chi connectivity index (χ1v) is 5.52. The van der Waals surface area contributed by atoms with Crippen molar-refractivity contribution in [1.82, 2.24) is 4.98 Å². The maximum atomic E-state index is 13.1. The van der Waals surface area contributed by atoms with Gasteiger partial charge in [-0.25, -0.2) is 13.2 Å². The van der Waals surface area contributed by atoms with Crippen molar-refractivity contribution in [2.45, 2.75) is 6.43 Å². The standard InChI is InChI=1S/C13H11F3N3/c14-9-4-8(5-18-6-9)10-2-1-3-11(13(10)17)19-7-12(15)16/h1-5,12,19H,7,17H2. The lowest BCUT2D eigenvalue weighted by Crippen LogP contribution is -2.11. The van der Waals surface area contributed by atoms with E-state index in [0.29, 0.717) is 16.8 Å². The smallest absolute Gasteiger partial charge is 0.255 e. The van der Waals surface area contributed by atoms with E-state index < -0.39 is 18.8 Å². The number of hydrogen-bond donors (Lipinski definition) is 2. The van der Waals surface area contributed by atoms with Gasteiger partial charge in [-0.15, -0.1) is 0 Å². The summed E-state index contributed by atoms with van der Waals surface area (Å²) in [5, 5.41) is 2.54. The van der Waals surface area contributed by atoms with Crippen molar-refractivity contribution in [1.29, 1.82) is 0 Å². The predicted molar refractivity (Wildman–Crippen MR) is 67.4 cm³/mol. The third-order valence-electron chi connectivity index (χ3n) is 2.52. The highest BCUT2D eigenvalue weighted by atomic mass is 19.3. The molecule has 1 aromatic carbocycles. The Hall–Kier alpha value is -2.24. The molecule has 99 valence electrons. The molecule has 0 aliphatic carbocycles. The average molecular weight is 266 g/mol. The number of anilines is 2. The molecule has 3 nitrogen and oxygen atoms in total. The molecule has 6 heteroatoms. The first-order valence-electron chi connectivity index (χ1n) is 5.52. The van der Waals surface area contributed by atoms with Crippen LogP contribution in [0.15, 0.2) is 30.5 Å². The average Bonchev–Trinajstić information content (AvgIpc) is 2.37. The summed E-state index contributed by atoms with van der Waals surface area (Å²) in [5.74, 6) is -0.608. The van der Waals surface area contributed by atoms with Gasteiger partial charge in [-0.1, -0.05) is 12.1 Å². The molecule has 1 radical (unpaired) electrons. The third-order valence-corrected chi connectivity index (χ3v) is 2.52. The minimum absolute atomic E-state index is 0.274. The minimum atomic E-state index is -2.48. The Morgan fingerprint density at radius 2 is 2.16 bits per heavy atom. The van der Waals surface area contributed by atoms with Gasteiger partial charge in [0.15, 0.2) is 5.82 Å². The zero-order chi connectivity index (χ0) is 13.8. The van der Waals surface area contributed by atoms with Crippen LogP contribution in [0.3, 0.4) is 0 Å². The second-order valence-electron chi connectivity index (χ2n) is 3.86. The lowest BCUT2D eigenvalue weighted by atomic mass is 10.0. The van der Waals surface area contributed by atoms with Crippen molar-refractivity contribution in [3.8, 4) is 11.1 Å². The lowest BCUT2D eigenvalue weighted by Gasteiger charge is -2.12. The van der Waals surface area contributed by atoms with Gasteiger partial charge in [0.25, 0.3) is 6.43 Å². The van der Waals surface area contributed by atoms with Crippen LogP contribution in [0.25, 0.3) is 11.1 Å². The SMILES string of the molecule is Nc1c(NCC(F)F)cccc1-c1cn[c]c(F)c1. The molecule has 0 aliphatic heterocycles. The number of hydrogen-bond acceptors (Lipinski definition) is 3.